The number of rotatable bonds is 8. The molecule has 0 radical (unpaired) electrons. The standard InChI is InChI=1S/C33H26F3N3O3/c1-37-26-16-29-24(31(33(40)38-2)32(42-29)18-7-10-21(34)11-8-18)15-22(26)19-9-12-28(41-17-30(35)36)23(13-19)27-14-20-5-3-4-6-25(20)39-27/h3-16,30,37,39H,17H2,1-2H3,(H,38,40). The Hall–Kier alpha value is -5.18. The van der Waals surface area contributed by atoms with E-state index in [1.165, 1.54) is 19.2 Å². The SMILES string of the molecule is CNC(=O)c1c(-c2ccc(F)cc2)oc2cc(NC)c(-c3ccc(OCC(F)F)c(-c4cc5ccccc5[nH]4)c3)cc12. The van der Waals surface area contributed by atoms with Gasteiger partial charge in [-0.1, -0.05) is 24.3 Å². The van der Waals surface area contributed by atoms with E-state index in [0.29, 0.717) is 50.6 Å². The highest BCUT2D eigenvalue weighted by atomic mass is 19.3. The number of nitrogens with one attached hydrogen (secondary N) is 3. The monoisotopic (exact) mass is 569 g/mol. The van der Waals surface area contributed by atoms with Crippen LogP contribution in [0.1, 0.15) is 10.4 Å². The number of hydrogen-bond donors (Lipinski definition) is 3. The topological polar surface area (TPSA) is 79.3 Å². The van der Waals surface area contributed by atoms with E-state index in [1.807, 2.05) is 42.5 Å². The summed E-state index contributed by atoms with van der Waals surface area (Å²) in [7, 11) is 3.30. The zero-order valence-electron chi connectivity index (χ0n) is 22.7. The van der Waals surface area contributed by atoms with E-state index in [4.69, 9.17) is 9.15 Å². The molecule has 0 unspecified atom stereocenters. The largest absolute Gasteiger partial charge is 0.487 e. The smallest absolute Gasteiger partial charge is 0.272 e. The summed E-state index contributed by atoms with van der Waals surface area (Å²) in [6, 6.07) is 24.4. The highest BCUT2D eigenvalue weighted by Gasteiger charge is 2.24. The fraction of sp³-hybridized carbons (Fsp3) is 0.121. The summed E-state index contributed by atoms with van der Waals surface area (Å²) in [5, 5.41) is 7.40. The van der Waals surface area contributed by atoms with Gasteiger partial charge in [0.2, 0.25) is 0 Å². The first-order valence-corrected chi connectivity index (χ1v) is 13.3. The van der Waals surface area contributed by atoms with E-state index in [9.17, 15) is 18.0 Å². The summed E-state index contributed by atoms with van der Waals surface area (Å²) in [5.41, 5.74) is 5.78. The average molecular weight is 570 g/mol. The molecule has 0 bridgehead atoms. The molecule has 0 aliphatic heterocycles. The molecule has 1 amide bonds. The predicted molar refractivity (Wildman–Crippen MR) is 159 cm³/mol. The lowest BCUT2D eigenvalue weighted by Gasteiger charge is -2.15. The molecule has 0 saturated heterocycles. The van der Waals surface area contributed by atoms with Crippen LogP contribution in [-0.2, 0) is 0 Å². The maximum Gasteiger partial charge on any atom is 0.272 e. The highest BCUT2D eigenvalue weighted by molar-refractivity contribution is 6.13. The molecule has 0 spiro atoms. The number of alkyl halides is 2. The van der Waals surface area contributed by atoms with E-state index < -0.39 is 18.8 Å². The first-order chi connectivity index (χ1) is 20.4. The number of halogens is 3. The van der Waals surface area contributed by atoms with Crippen LogP contribution in [0.2, 0.25) is 0 Å². The number of aromatic amines is 1. The van der Waals surface area contributed by atoms with E-state index in [0.717, 1.165) is 22.0 Å². The second-order valence-electron chi connectivity index (χ2n) is 9.72. The van der Waals surface area contributed by atoms with Crippen LogP contribution in [0.3, 0.4) is 0 Å². The van der Waals surface area contributed by atoms with E-state index in [1.54, 1.807) is 37.4 Å². The molecular formula is C33H26F3N3O3. The molecule has 4 aromatic carbocycles. The van der Waals surface area contributed by atoms with Gasteiger partial charge in [-0.3, -0.25) is 4.79 Å². The molecule has 2 heterocycles. The zero-order chi connectivity index (χ0) is 29.4. The predicted octanol–water partition coefficient (Wildman–Crippen LogP) is 8.10. The first kappa shape index (κ1) is 27.0. The minimum atomic E-state index is -2.63. The maximum absolute atomic E-state index is 13.6. The van der Waals surface area contributed by atoms with Gasteiger partial charge in [-0.05, 0) is 60.2 Å². The molecule has 6 rings (SSSR count). The number of furan rings is 1. The van der Waals surface area contributed by atoms with Crippen molar-refractivity contribution in [1.82, 2.24) is 10.3 Å². The van der Waals surface area contributed by atoms with Gasteiger partial charge in [-0.25, -0.2) is 13.2 Å². The van der Waals surface area contributed by atoms with Crippen LogP contribution < -0.4 is 15.4 Å². The van der Waals surface area contributed by atoms with Gasteiger partial charge in [-0.2, -0.15) is 0 Å². The fourth-order valence-corrected chi connectivity index (χ4v) is 5.15. The van der Waals surface area contributed by atoms with Crippen molar-refractivity contribution in [3.63, 3.8) is 0 Å². The Morgan fingerprint density at radius 1 is 0.929 bits per heavy atom. The Kier molecular flexibility index (Phi) is 7.08. The van der Waals surface area contributed by atoms with E-state index in [2.05, 4.69) is 15.6 Å². The summed E-state index contributed by atoms with van der Waals surface area (Å²) < 4.78 is 51.5. The number of hydrogen-bond acceptors (Lipinski definition) is 4. The molecular weight excluding hydrogens is 543 g/mol. The molecule has 3 N–H and O–H groups in total. The zero-order valence-corrected chi connectivity index (χ0v) is 22.7. The lowest BCUT2D eigenvalue weighted by Crippen LogP contribution is -2.18. The average Bonchev–Trinajstić information content (AvgIpc) is 3.61. The van der Waals surface area contributed by atoms with Gasteiger partial charge in [0.15, 0.2) is 0 Å². The second-order valence-corrected chi connectivity index (χ2v) is 9.72. The van der Waals surface area contributed by atoms with Gasteiger partial charge in [0.1, 0.15) is 29.5 Å². The van der Waals surface area contributed by atoms with Crippen molar-refractivity contribution in [2.75, 3.05) is 26.0 Å². The number of para-hydroxylation sites is 1. The molecule has 0 fully saturated rings. The van der Waals surface area contributed by atoms with Crippen molar-refractivity contribution in [2.24, 2.45) is 0 Å². The molecule has 0 saturated carbocycles. The number of fused-ring (bicyclic) bond motifs is 2. The van der Waals surface area contributed by atoms with Crippen LogP contribution in [0.4, 0.5) is 18.9 Å². The fourth-order valence-electron chi connectivity index (χ4n) is 5.15. The number of ether oxygens (including phenoxy) is 1. The molecule has 2 aromatic heterocycles. The van der Waals surface area contributed by atoms with Crippen molar-refractivity contribution < 1.29 is 27.1 Å². The molecule has 42 heavy (non-hydrogen) atoms. The van der Waals surface area contributed by atoms with Crippen LogP contribution in [-0.4, -0.2) is 38.0 Å². The van der Waals surface area contributed by atoms with Crippen LogP contribution in [0.15, 0.2) is 89.3 Å². The first-order valence-electron chi connectivity index (χ1n) is 13.3. The Bertz CT molecular complexity index is 1890. The molecule has 6 aromatic rings. The summed E-state index contributed by atoms with van der Waals surface area (Å²) >= 11 is 0. The van der Waals surface area contributed by atoms with Crippen LogP contribution in [0.25, 0.3) is 55.6 Å². The molecule has 0 atom stereocenters. The second kappa shape index (κ2) is 11.0. The van der Waals surface area contributed by atoms with Crippen molar-refractivity contribution in [2.45, 2.75) is 6.43 Å². The Morgan fingerprint density at radius 3 is 2.40 bits per heavy atom. The third-order valence-electron chi connectivity index (χ3n) is 7.13. The minimum Gasteiger partial charge on any atom is -0.487 e. The van der Waals surface area contributed by atoms with Gasteiger partial charge in [0.05, 0.1) is 11.3 Å². The van der Waals surface area contributed by atoms with Gasteiger partial charge >= 0.3 is 0 Å². The van der Waals surface area contributed by atoms with Crippen molar-refractivity contribution in [1.29, 1.82) is 0 Å². The maximum atomic E-state index is 13.6. The molecule has 212 valence electrons. The molecule has 0 aliphatic carbocycles. The number of anilines is 1. The van der Waals surface area contributed by atoms with Crippen LogP contribution in [0.5, 0.6) is 5.75 Å². The number of H-pyrrole nitrogens is 1. The number of carbonyl (C=O) groups excluding carboxylic acids is 1. The van der Waals surface area contributed by atoms with Gasteiger partial charge in [0.25, 0.3) is 12.3 Å². The Balaban J connectivity index is 1.55. The van der Waals surface area contributed by atoms with Crippen LogP contribution >= 0.6 is 0 Å². The van der Waals surface area contributed by atoms with E-state index in [-0.39, 0.29) is 5.91 Å². The van der Waals surface area contributed by atoms with Crippen molar-refractivity contribution in [3.8, 4) is 39.5 Å². The third kappa shape index (κ3) is 4.94. The summed E-state index contributed by atoms with van der Waals surface area (Å²) in [6.07, 6.45) is -2.63. The Morgan fingerprint density at radius 2 is 1.69 bits per heavy atom. The molecule has 9 heteroatoms. The quantitative estimate of drug-likeness (QED) is 0.173. The summed E-state index contributed by atoms with van der Waals surface area (Å²) in [4.78, 5) is 16.5. The van der Waals surface area contributed by atoms with Crippen molar-refractivity contribution >= 4 is 33.5 Å². The number of amides is 1. The van der Waals surface area contributed by atoms with Gasteiger partial charge in [-0.15, -0.1) is 0 Å². The number of benzene rings is 4. The third-order valence-corrected chi connectivity index (χ3v) is 7.13. The van der Waals surface area contributed by atoms with Crippen molar-refractivity contribution in [3.05, 3.63) is 96.3 Å². The van der Waals surface area contributed by atoms with Gasteiger partial charge in [0, 0.05) is 58.8 Å². The Labute approximate surface area is 239 Å². The molecule has 6 nitrogen and oxygen atoms in total. The lowest BCUT2D eigenvalue weighted by atomic mass is 9.96. The minimum absolute atomic E-state index is 0.311. The lowest BCUT2D eigenvalue weighted by molar-refractivity contribution is 0.0822. The van der Waals surface area contributed by atoms with Crippen LogP contribution in [0, 0.1) is 5.82 Å². The van der Waals surface area contributed by atoms with E-state index >= 15 is 0 Å². The summed E-state index contributed by atoms with van der Waals surface area (Å²) in [6.45, 7) is -0.739. The highest BCUT2D eigenvalue weighted by Crippen LogP contribution is 2.42. The van der Waals surface area contributed by atoms with Gasteiger partial charge < -0.3 is 24.8 Å². The number of aromatic nitrogens is 1. The summed E-state index contributed by atoms with van der Waals surface area (Å²) in [5.74, 6) is -0.127. The normalized spacial score (nSPS) is 11.4. The molecule has 0 aliphatic rings. The number of carbonyl (C=O) groups is 1.